The minimum absolute atomic E-state index is 0.238. The Labute approximate surface area is 160 Å². The van der Waals surface area contributed by atoms with E-state index < -0.39 is 0 Å². The average Bonchev–Trinajstić information content (AvgIpc) is 2.69. The Kier molecular flexibility index (Phi) is 6.11. The van der Waals surface area contributed by atoms with Gasteiger partial charge in [0.05, 0.1) is 6.61 Å². The van der Waals surface area contributed by atoms with Crippen molar-refractivity contribution in [1.82, 2.24) is 14.9 Å². The van der Waals surface area contributed by atoms with Crippen molar-refractivity contribution in [3.05, 3.63) is 42.2 Å². The Bertz CT molecular complexity index is 760. The van der Waals surface area contributed by atoms with Crippen LogP contribution in [0.1, 0.15) is 19.7 Å². The molecule has 144 valence electrons. The van der Waals surface area contributed by atoms with Crippen molar-refractivity contribution >= 4 is 23.4 Å². The highest BCUT2D eigenvalue weighted by Gasteiger charge is 2.23. The number of carbonyl (C=O) groups excluding carboxylic acids is 1. The van der Waals surface area contributed by atoms with E-state index in [1.54, 1.807) is 4.90 Å². The molecule has 0 atom stereocenters. The lowest BCUT2D eigenvalue weighted by atomic mass is 10.2. The van der Waals surface area contributed by atoms with Crippen molar-refractivity contribution in [1.29, 1.82) is 0 Å². The second-order valence-corrected chi connectivity index (χ2v) is 6.38. The SMILES string of the molecule is CCOC(=O)N1CCN(c2cc(N(CC)c3ccccc3)nc(C)n2)CC1. The van der Waals surface area contributed by atoms with E-state index in [9.17, 15) is 4.79 Å². The van der Waals surface area contributed by atoms with Crippen LogP contribution in [0.5, 0.6) is 0 Å². The van der Waals surface area contributed by atoms with Crippen LogP contribution < -0.4 is 9.80 Å². The van der Waals surface area contributed by atoms with Gasteiger partial charge in [0.25, 0.3) is 0 Å². The van der Waals surface area contributed by atoms with E-state index in [0.29, 0.717) is 19.7 Å². The minimum atomic E-state index is -0.238. The van der Waals surface area contributed by atoms with Gasteiger partial charge in [0.2, 0.25) is 0 Å². The molecule has 1 saturated heterocycles. The van der Waals surface area contributed by atoms with Gasteiger partial charge in [0.15, 0.2) is 0 Å². The van der Waals surface area contributed by atoms with Crippen LogP contribution in [0, 0.1) is 6.92 Å². The van der Waals surface area contributed by atoms with Crippen LogP contribution in [-0.2, 0) is 4.74 Å². The third-order valence-corrected chi connectivity index (χ3v) is 4.60. The van der Waals surface area contributed by atoms with E-state index in [0.717, 1.165) is 42.8 Å². The first-order chi connectivity index (χ1) is 13.1. The van der Waals surface area contributed by atoms with Gasteiger partial charge in [0.1, 0.15) is 17.5 Å². The molecule has 27 heavy (non-hydrogen) atoms. The molecule has 1 fully saturated rings. The van der Waals surface area contributed by atoms with Crippen molar-refractivity contribution in [3.63, 3.8) is 0 Å². The largest absolute Gasteiger partial charge is 0.450 e. The Morgan fingerprint density at radius 2 is 1.81 bits per heavy atom. The Balaban J connectivity index is 1.77. The molecule has 2 heterocycles. The summed E-state index contributed by atoms with van der Waals surface area (Å²) >= 11 is 0. The van der Waals surface area contributed by atoms with E-state index in [4.69, 9.17) is 4.74 Å². The molecule has 0 radical (unpaired) electrons. The smallest absolute Gasteiger partial charge is 0.409 e. The van der Waals surface area contributed by atoms with Gasteiger partial charge in [-0.15, -0.1) is 0 Å². The highest BCUT2D eigenvalue weighted by molar-refractivity contribution is 5.68. The average molecular weight is 369 g/mol. The van der Waals surface area contributed by atoms with Crippen LogP contribution in [0.4, 0.5) is 22.1 Å². The number of aromatic nitrogens is 2. The monoisotopic (exact) mass is 369 g/mol. The van der Waals surface area contributed by atoms with Crippen LogP contribution in [-0.4, -0.2) is 60.3 Å². The topological polar surface area (TPSA) is 61.8 Å². The second-order valence-electron chi connectivity index (χ2n) is 6.38. The molecule has 3 rings (SSSR count). The lowest BCUT2D eigenvalue weighted by molar-refractivity contribution is 0.105. The maximum absolute atomic E-state index is 11.9. The summed E-state index contributed by atoms with van der Waals surface area (Å²) in [7, 11) is 0. The number of aryl methyl sites for hydroxylation is 1. The summed E-state index contributed by atoms with van der Waals surface area (Å²) < 4.78 is 5.09. The van der Waals surface area contributed by atoms with Gasteiger partial charge in [-0.3, -0.25) is 0 Å². The fourth-order valence-electron chi connectivity index (χ4n) is 3.25. The first-order valence-electron chi connectivity index (χ1n) is 9.47. The number of amides is 1. The quantitative estimate of drug-likeness (QED) is 0.806. The summed E-state index contributed by atoms with van der Waals surface area (Å²) in [5, 5.41) is 0. The molecule has 1 amide bonds. The van der Waals surface area contributed by atoms with Crippen molar-refractivity contribution in [3.8, 4) is 0 Å². The zero-order chi connectivity index (χ0) is 19.2. The summed E-state index contributed by atoms with van der Waals surface area (Å²) in [4.78, 5) is 27.3. The molecule has 1 aromatic carbocycles. The van der Waals surface area contributed by atoms with Gasteiger partial charge in [-0.2, -0.15) is 0 Å². The van der Waals surface area contributed by atoms with Crippen LogP contribution in [0.25, 0.3) is 0 Å². The normalized spacial score (nSPS) is 14.2. The first-order valence-corrected chi connectivity index (χ1v) is 9.47. The third kappa shape index (κ3) is 4.48. The van der Waals surface area contributed by atoms with E-state index in [1.807, 2.05) is 38.1 Å². The molecule has 0 aliphatic carbocycles. The highest BCUT2D eigenvalue weighted by Crippen LogP contribution is 2.26. The van der Waals surface area contributed by atoms with Gasteiger partial charge in [-0.05, 0) is 32.9 Å². The summed E-state index contributed by atoms with van der Waals surface area (Å²) in [6.07, 6.45) is -0.238. The van der Waals surface area contributed by atoms with Crippen LogP contribution >= 0.6 is 0 Å². The summed E-state index contributed by atoms with van der Waals surface area (Å²) in [5.41, 5.74) is 1.11. The molecule has 0 bridgehead atoms. The summed E-state index contributed by atoms with van der Waals surface area (Å²) in [5.74, 6) is 2.53. The van der Waals surface area contributed by atoms with E-state index in [1.165, 1.54) is 0 Å². The Hall–Kier alpha value is -2.83. The first kappa shape index (κ1) is 18.9. The van der Waals surface area contributed by atoms with Crippen molar-refractivity contribution in [2.75, 3.05) is 49.1 Å². The molecule has 0 unspecified atom stereocenters. The zero-order valence-corrected chi connectivity index (χ0v) is 16.3. The van der Waals surface area contributed by atoms with E-state index in [2.05, 4.69) is 38.8 Å². The molecular weight excluding hydrogens is 342 g/mol. The van der Waals surface area contributed by atoms with Crippen molar-refractivity contribution in [2.45, 2.75) is 20.8 Å². The van der Waals surface area contributed by atoms with Crippen LogP contribution in [0.15, 0.2) is 36.4 Å². The number of hydrogen-bond donors (Lipinski definition) is 0. The van der Waals surface area contributed by atoms with Crippen molar-refractivity contribution < 1.29 is 9.53 Å². The van der Waals surface area contributed by atoms with Crippen LogP contribution in [0.3, 0.4) is 0 Å². The number of benzene rings is 1. The van der Waals surface area contributed by atoms with Gasteiger partial charge in [-0.25, -0.2) is 14.8 Å². The lowest BCUT2D eigenvalue weighted by Crippen LogP contribution is -2.49. The molecule has 1 aliphatic heterocycles. The number of para-hydroxylation sites is 1. The maximum Gasteiger partial charge on any atom is 0.409 e. The molecule has 1 aromatic heterocycles. The van der Waals surface area contributed by atoms with Gasteiger partial charge in [-0.1, -0.05) is 18.2 Å². The Morgan fingerprint density at radius 1 is 1.11 bits per heavy atom. The molecule has 0 N–H and O–H groups in total. The second kappa shape index (κ2) is 8.70. The van der Waals surface area contributed by atoms with Crippen molar-refractivity contribution in [2.24, 2.45) is 0 Å². The van der Waals surface area contributed by atoms with E-state index in [-0.39, 0.29) is 6.09 Å². The number of ether oxygens (including phenoxy) is 1. The predicted octanol–water partition coefficient (Wildman–Crippen LogP) is 3.22. The fourth-order valence-corrected chi connectivity index (χ4v) is 3.25. The molecule has 0 spiro atoms. The number of anilines is 3. The molecule has 0 saturated carbocycles. The number of rotatable bonds is 5. The molecule has 2 aromatic rings. The fraction of sp³-hybridized carbons (Fsp3) is 0.450. The zero-order valence-electron chi connectivity index (χ0n) is 16.3. The minimum Gasteiger partial charge on any atom is -0.450 e. The lowest BCUT2D eigenvalue weighted by Gasteiger charge is -2.35. The molecular formula is C20H27N5O2. The van der Waals surface area contributed by atoms with Gasteiger partial charge >= 0.3 is 6.09 Å². The van der Waals surface area contributed by atoms with Crippen LogP contribution in [0.2, 0.25) is 0 Å². The maximum atomic E-state index is 11.9. The highest BCUT2D eigenvalue weighted by atomic mass is 16.6. The number of piperazine rings is 1. The third-order valence-electron chi connectivity index (χ3n) is 4.60. The summed E-state index contributed by atoms with van der Waals surface area (Å²) in [6, 6.07) is 12.3. The predicted molar refractivity (Wildman–Crippen MR) is 107 cm³/mol. The number of nitrogens with zero attached hydrogens (tertiary/aromatic N) is 5. The molecule has 7 heteroatoms. The summed E-state index contributed by atoms with van der Waals surface area (Å²) in [6.45, 7) is 9.80. The van der Waals surface area contributed by atoms with E-state index >= 15 is 0 Å². The van der Waals surface area contributed by atoms with Gasteiger partial charge in [0, 0.05) is 44.5 Å². The number of hydrogen-bond acceptors (Lipinski definition) is 6. The Morgan fingerprint density at radius 3 is 2.44 bits per heavy atom. The molecule has 1 aliphatic rings. The standard InChI is InChI=1S/C20H27N5O2/c1-4-25(17-9-7-6-8-10-17)19-15-18(21-16(3)22-19)23-11-13-24(14-12-23)20(26)27-5-2/h6-10,15H,4-5,11-14H2,1-3H3. The molecule has 7 nitrogen and oxygen atoms in total. The number of carbonyl (C=O) groups is 1. The van der Waals surface area contributed by atoms with Gasteiger partial charge < -0.3 is 19.4 Å².